The van der Waals surface area contributed by atoms with Gasteiger partial charge in [-0.1, -0.05) is 29.7 Å². The smallest absolute Gasteiger partial charge is 0.410 e. The average Bonchev–Trinajstić information content (AvgIpc) is 2.37. The molecule has 4 nitrogen and oxygen atoms in total. The Morgan fingerprint density at radius 1 is 1.30 bits per heavy atom. The van der Waals surface area contributed by atoms with Gasteiger partial charge in [0.15, 0.2) is 0 Å². The number of carbonyl (C=O) groups excluding carboxylic acids is 1. The predicted molar refractivity (Wildman–Crippen MR) is 82.6 cm³/mol. The number of amides is 1. The molecule has 0 fully saturated rings. The minimum Gasteiger partial charge on any atom is -0.449 e. The molecule has 0 saturated heterocycles. The molecule has 110 valence electrons. The van der Waals surface area contributed by atoms with Crippen LogP contribution >= 0.6 is 0 Å². The molecule has 0 spiro atoms. The largest absolute Gasteiger partial charge is 0.449 e. The van der Waals surface area contributed by atoms with Gasteiger partial charge >= 0.3 is 13.6 Å². The SMILES string of the molecule is CN(CCCc1ccc(BO)cc1)C(=O)OC(C)(C)C. The minimum absolute atomic E-state index is 0.0711. The Balaban J connectivity index is 2.34. The molecule has 1 aromatic carbocycles. The van der Waals surface area contributed by atoms with Gasteiger partial charge in [-0.05, 0) is 39.2 Å². The van der Waals surface area contributed by atoms with E-state index in [0.29, 0.717) is 6.54 Å². The van der Waals surface area contributed by atoms with E-state index in [2.05, 4.69) is 0 Å². The Morgan fingerprint density at radius 2 is 1.90 bits per heavy atom. The van der Waals surface area contributed by atoms with Crippen molar-refractivity contribution >= 4 is 19.0 Å². The lowest BCUT2D eigenvalue weighted by Gasteiger charge is -2.24. The molecule has 0 atom stereocenters. The number of rotatable bonds is 5. The van der Waals surface area contributed by atoms with E-state index in [4.69, 9.17) is 9.76 Å². The van der Waals surface area contributed by atoms with Crippen LogP contribution in [0.3, 0.4) is 0 Å². The molecule has 0 heterocycles. The molecule has 5 heteroatoms. The quantitative estimate of drug-likeness (QED) is 0.829. The highest BCUT2D eigenvalue weighted by molar-refractivity contribution is 6.45. The van der Waals surface area contributed by atoms with E-state index in [1.54, 1.807) is 11.9 Å². The number of aryl methyl sites for hydroxylation is 1. The molecule has 0 unspecified atom stereocenters. The molecule has 0 aromatic heterocycles. The first-order chi connectivity index (χ1) is 9.31. The molecule has 0 saturated carbocycles. The lowest BCUT2D eigenvalue weighted by molar-refractivity contribution is 0.0297. The normalized spacial score (nSPS) is 11.1. The first kappa shape index (κ1) is 16.6. The van der Waals surface area contributed by atoms with Gasteiger partial charge in [-0.25, -0.2) is 4.79 Å². The van der Waals surface area contributed by atoms with E-state index in [1.807, 2.05) is 45.0 Å². The number of hydrogen-bond acceptors (Lipinski definition) is 3. The van der Waals surface area contributed by atoms with Gasteiger partial charge < -0.3 is 14.7 Å². The van der Waals surface area contributed by atoms with Gasteiger partial charge in [0.2, 0.25) is 0 Å². The number of carbonyl (C=O) groups is 1. The molecular formula is C15H24BNO3. The third-order valence-electron chi connectivity index (χ3n) is 2.87. The standard InChI is InChI=1S/C15H24BNO3/c1-15(2,3)20-14(18)17(4)11-5-6-12-7-9-13(16-19)10-8-12/h7-10,16,19H,5-6,11H2,1-4H3. The van der Waals surface area contributed by atoms with Crippen molar-refractivity contribution in [1.82, 2.24) is 4.90 Å². The van der Waals surface area contributed by atoms with Gasteiger partial charge in [-0.3, -0.25) is 0 Å². The summed E-state index contributed by atoms with van der Waals surface area (Å²) in [5.74, 6) is 0. The third-order valence-corrected chi connectivity index (χ3v) is 2.87. The van der Waals surface area contributed by atoms with Crippen LogP contribution in [0.1, 0.15) is 32.8 Å². The van der Waals surface area contributed by atoms with Crippen LogP contribution in [0.15, 0.2) is 24.3 Å². The monoisotopic (exact) mass is 277 g/mol. The van der Waals surface area contributed by atoms with Crippen LogP contribution in [-0.4, -0.2) is 42.7 Å². The van der Waals surface area contributed by atoms with E-state index in [9.17, 15) is 4.79 Å². The van der Waals surface area contributed by atoms with Gasteiger partial charge in [0, 0.05) is 13.6 Å². The topological polar surface area (TPSA) is 49.8 Å². The van der Waals surface area contributed by atoms with Crippen LogP contribution in [-0.2, 0) is 11.2 Å². The highest BCUT2D eigenvalue weighted by Gasteiger charge is 2.19. The zero-order valence-corrected chi connectivity index (χ0v) is 12.8. The van der Waals surface area contributed by atoms with Crippen molar-refractivity contribution in [3.63, 3.8) is 0 Å². The summed E-state index contributed by atoms with van der Waals surface area (Å²) in [6, 6.07) is 7.87. The Labute approximate surface area is 122 Å². The number of benzene rings is 1. The lowest BCUT2D eigenvalue weighted by atomic mass is 9.88. The van der Waals surface area contributed by atoms with Crippen LogP contribution in [0.4, 0.5) is 4.79 Å². The van der Waals surface area contributed by atoms with Crippen molar-refractivity contribution in [2.45, 2.75) is 39.2 Å². The Morgan fingerprint density at radius 3 is 2.40 bits per heavy atom. The zero-order chi connectivity index (χ0) is 15.2. The summed E-state index contributed by atoms with van der Waals surface area (Å²) in [4.78, 5) is 13.4. The first-order valence-electron chi connectivity index (χ1n) is 6.94. The van der Waals surface area contributed by atoms with Gasteiger partial charge in [-0.2, -0.15) is 0 Å². The number of hydrogen-bond donors (Lipinski definition) is 1. The molecule has 0 aliphatic carbocycles. The molecule has 0 radical (unpaired) electrons. The van der Waals surface area contributed by atoms with Crippen molar-refractivity contribution in [3.8, 4) is 0 Å². The van der Waals surface area contributed by atoms with E-state index >= 15 is 0 Å². The molecule has 1 N–H and O–H groups in total. The van der Waals surface area contributed by atoms with Crippen LogP contribution in [0.2, 0.25) is 0 Å². The summed E-state index contributed by atoms with van der Waals surface area (Å²) in [6.45, 7) is 6.25. The summed E-state index contributed by atoms with van der Waals surface area (Å²) in [7, 11) is 1.82. The van der Waals surface area contributed by atoms with Crippen molar-refractivity contribution in [2.75, 3.05) is 13.6 Å². The molecule has 0 aliphatic heterocycles. The van der Waals surface area contributed by atoms with Gasteiger partial charge in [0.25, 0.3) is 0 Å². The number of ether oxygens (including phenoxy) is 1. The van der Waals surface area contributed by atoms with Crippen LogP contribution in [0.5, 0.6) is 0 Å². The molecular weight excluding hydrogens is 253 g/mol. The second-order valence-electron chi connectivity index (χ2n) is 5.98. The van der Waals surface area contributed by atoms with Crippen LogP contribution < -0.4 is 5.46 Å². The summed E-state index contributed by atoms with van der Waals surface area (Å²) < 4.78 is 5.29. The average molecular weight is 277 g/mol. The fourth-order valence-corrected chi connectivity index (χ4v) is 1.76. The lowest BCUT2D eigenvalue weighted by Crippen LogP contribution is -2.34. The van der Waals surface area contributed by atoms with E-state index < -0.39 is 5.60 Å². The molecule has 20 heavy (non-hydrogen) atoms. The van der Waals surface area contributed by atoms with Crippen LogP contribution in [0.25, 0.3) is 0 Å². The summed E-state index contributed by atoms with van der Waals surface area (Å²) in [5, 5.41) is 8.97. The predicted octanol–water partition coefficient (Wildman–Crippen LogP) is 1.46. The van der Waals surface area contributed by atoms with Crippen molar-refractivity contribution in [3.05, 3.63) is 29.8 Å². The van der Waals surface area contributed by atoms with E-state index in [1.165, 1.54) is 5.56 Å². The fraction of sp³-hybridized carbons (Fsp3) is 0.533. The van der Waals surface area contributed by atoms with Gasteiger partial charge in [0.05, 0.1) is 0 Å². The third kappa shape index (κ3) is 6.11. The fourth-order valence-electron chi connectivity index (χ4n) is 1.76. The van der Waals surface area contributed by atoms with Crippen molar-refractivity contribution in [1.29, 1.82) is 0 Å². The second-order valence-corrected chi connectivity index (χ2v) is 5.98. The molecule has 1 amide bonds. The summed E-state index contributed by atoms with van der Waals surface area (Å²) in [5.41, 5.74) is 1.67. The highest BCUT2D eigenvalue weighted by Crippen LogP contribution is 2.10. The molecule has 0 aliphatic rings. The zero-order valence-electron chi connectivity index (χ0n) is 12.8. The van der Waals surface area contributed by atoms with Crippen molar-refractivity contribution in [2.24, 2.45) is 0 Å². The number of nitrogens with zero attached hydrogens (tertiary/aromatic N) is 1. The summed E-state index contributed by atoms with van der Waals surface area (Å²) in [6.07, 6.45) is 1.50. The highest BCUT2D eigenvalue weighted by atomic mass is 16.6. The molecule has 1 aromatic rings. The van der Waals surface area contributed by atoms with Gasteiger partial charge in [0.1, 0.15) is 5.60 Å². The molecule has 1 rings (SSSR count). The van der Waals surface area contributed by atoms with E-state index in [0.717, 1.165) is 18.3 Å². The van der Waals surface area contributed by atoms with Crippen LogP contribution in [0, 0.1) is 0 Å². The second kappa shape index (κ2) is 7.34. The summed E-state index contributed by atoms with van der Waals surface area (Å²) >= 11 is 0. The first-order valence-corrected chi connectivity index (χ1v) is 6.94. The maximum Gasteiger partial charge on any atom is 0.410 e. The Hall–Kier alpha value is -1.49. The molecule has 0 bridgehead atoms. The van der Waals surface area contributed by atoms with E-state index in [-0.39, 0.29) is 13.6 Å². The maximum absolute atomic E-state index is 11.8. The minimum atomic E-state index is -0.453. The Kier molecular flexibility index (Phi) is 6.08. The van der Waals surface area contributed by atoms with Crippen molar-refractivity contribution < 1.29 is 14.6 Å². The van der Waals surface area contributed by atoms with Gasteiger partial charge in [-0.15, -0.1) is 0 Å². The Bertz CT molecular complexity index is 426. The maximum atomic E-state index is 11.8.